The minimum absolute atomic E-state index is 0.135. The van der Waals surface area contributed by atoms with Gasteiger partial charge in [-0.2, -0.15) is 0 Å². The summed E-state index contributed by atoms with van der Waals surface area (Å²) in [4.78, 5) is 11.5. The largest absolute Gasteiger partial charge is 0.483 e. The molecule has 2 heteroatoms. The van der Waals surface area contributed by atoms with Crippen LogP contribution >= 0.6 is 0 Å². The molecule has 0 amide bonds. The maximum absolute atomic E-state index is 11.5. The molecule has 0 aliphatic heterocycles. The van der Waals surface area contributed by atoms with Crippen molar-refractivity contribution in [3.05, 3.63) is 29.3 Å². The van der Waals surface area contributed by atoms with Crippen molar-refractivity contribution in [2.75, 3.05) is 0 Å². The zero-order valence-corrected chi connectivity index (χ0v) is 11.4. The molecule has 94 valence electrons. The number of Topliss-reactive ketones (excluding diaryl/α,β-unsaturated/α-hetero) is 1. The highest BCUT2D eigenvalue weighted by molar-refractivity contribution is 5.82. The summed E-state index contributed by atoms with van der Waals surface area (Å²) < 4.78 is 5.63. The van der Waals surface area contributed by atoms with E-state index in [1.54, 1.807) is 6.92 Å². The van der Waals surface area contributed by atoms with E-state index in [2.05, 4.69) is 26.8 Å². The first-order valence-electron chi connectivity index (χ1n) is 6.25. The molecular formula is C15H22O2. The van der Waals surface area contributed by atoms with Crippen molar-refractivity contribution in [1.29, 1.82) is 0 Å². The van der Waals surface area contributed by atoms with Crippen LogP contribution < -0.4 is 4.74 Å². The number of hydrogen-bond acceptors (Lipinski definition) is 2. The smallest absolute Gasteiger partial charge is 0.172 e. The summed E-state index contributed by atoms with van der Waals surface area (Å²) in [6.45, 7) is 10.1. The molecule has 0 aromatic heterocycles. The van der Waals surface area contributed by atoms with E-state index in [4.69, 9.17) is 4.74 Å². The molecule has 1 unspecified atom stereocenters. The van der Waals surface area contributed by atoms with Gasteiger partial charge < -0.3 is 4.74 Å². The van der Waals surface area contributed by atoms with Crippen LogP contribution in [0.25, 0.3) is 0 Å². The lowest BCUT2D eigenvalue weighted by molar-refractivity contribution is -0.124. The highest BCUT2D eigenvalue weighted by Crippen LogP contribution is 2.24. The Kier molecular flexibility index (Phi) is 4.73. The zero-order valence-electron chi connectivity index (χ0n) is 11.4. The fraction of sp³-hybridized carbons (Fsp3) is 0.533. The van der Waals surface area contributed by atoms with Crippen molar-refractivity contribution in [3.8, 4) is 5.75 Å². The predicted molar refractivity (Wildman–Crippen MR) is 70.7 cm³/mol. The summed E-state index contributed by atoms with van der Waals surface area (Å²) >= 11 is 0. The highest BCUT2D eigenvalue weighted by Gasteiger charge is 2.13. The number of aryl methyl sites for hydroxylation is 1. The maximum Gasteiger partial charge on any atom is 0.172 e. The van der Waals surface area contributed by atoms with Crippen LogP contribution in [0, 0.1) is 6.92 Å². The van der Waals surface area contributed by atoms with Crippen LogP contribution in [0.4, 0.5) is 0 Å². The van der Waals surface area contributed by atoms with E-state index in [0.717, 1.165) is 5.75 Å². The van der Waals surface area contributed by atoms with Gasteiger partial charge in [0.15, 0.2) is 11.9 Å². The number of hydrogen-bond donors (Lipinski definition) is 0. The number of ketones is 1. The molecular weight excluding hydrogens is 212 g/mol. The number of carbonyl (C=O) groups excluding carboxylic acids is 1. The van der Waals surface area contributed by atoms with Gasteiger partial charge in [-0.25, -0.2) is 0 Å². The van der Waals surface area contributed by atoms with Gasteiger partial charge >= 0.3 is 0 Å². The van der Waals surface area contributed by atoms with Gasteiger partial charge in [0.25, 0.3) is 0 Å². The van der Waals surface area contributed by atoms with Gasteiger partial charge in [0.2, 0.25) is 0 Å². The van der Waals surface area contributed by atoms with E-state index < -0.39 is 0 Å². The van der Waals surface area contributed by atoms with Crippen molar-refractivity contribution < 1.29 is 9.53 Å². The Morgan fingerprint density at radius 3 is 2.41 bits per heavy atom. The molecule has 1 rings (SSSR count). The van der Waals surface area contributed by atoms with Gasteiger partial charge in [-0.3, -0.25) is 4.79 Å². The van der Waals surface area contributed by atoms with Crippen molar-refractivity contribution in [3.63, 3.8) is 0 Å². The third-order valence-corrected chi connectivity index (χ3v) is 2.98. The van der Waals surface area contributed by atoms with Crippen LogP contribution in [0.3, 0.4) is 0 Å². The molecule has 2 nitrogen and oxygen atoms in total. The Bertz CT molecular complexity index is 394. The molecule has 0 radical (unpaired) electrons. The molecule has 17 heavy (non-hydrogen) atoms. The molecule has 0 N–H and O–H groups in total. The van der Waals surface area contributed by atoms with Gasteiger partial charge in [0.05, 0.1) is 0 Å². The second-order valence-electron chi connectivity index (χ2n) is 4.75. The number of benzene rings is 1. The lowest BCUT2D eigenvalue weighted by atomic mass is 9.98. The zero-order chi connectivity index (χ0) is 13.0. The fourth-order valence-corrected chi connectivity index (χ4v) is 1.93. The number of carbonyl (C=O) groups is 1. The van der Waals surface area contributed by atoms with Crippen molar-refractivity contribution in [1.82, 2.24) is 0 Å². The Balaban J connectivity index is 2.81. The number of ether oxygens (including phenoxy) is 1. The molecule has 0 aliphatic carbocycles. The number of rotatable bonds is 5. The summed E-state index contributed by atoms with van der Waals surface area (Å²) in [6, 6.07) is 6.04. The minimum atomic E-state index is -0.357. The van der Waals surface area contributed by atoms with Crippen molar-refractivity contribution in [2.45, 2.75) is 53.1 Å². The minimum Gasteiger partial charge on any atom is -0.483 e. The first-order valence-corrected chi connectivity index (χ1v) is 6.25. The van der Waals surface area contributed by atoms with Gasteiger partial charge in [-0.05, 0) is 43.0 Å². The maximum atomic E-state index is 11.5. The predicted octanol–water partition coefficient (Wildman–Crippen LogP) is 3.86. The van der Waals surface area contributed by atoms with Crippen LogP contribution in [0.5, 0.6) is 5.75 Å². The third kappa shape index (κ3) is 3.58. The first-order chi connectivity index (χ1) is 7.95. The standard InChI is InChI=1S/C15H22O2/c1-6-15(16)12(5)17-13-7-8-14(10(2)3)11(4)9-13/h7-10,12H,6H2,1-5H3. The molecule has 0 fully saturated rings. The average molecular weight is 234 g/mol. The third-order valence-electron chi connectivity index (χ3n) is 2.98. The second-order valence-corrected chi connectivity index (χ2v) is 4.75. The van der Waals surface area contributed by atoms with Crippen molar-refractivity contribution in [2.24, 2.45) is 0 Å². The molecule has 0 saturated carbocycles. The molecule has 1 atom stereocenters. The summed E-state index contributed by atoms with van der Waals surface area (Å²) in [5.74, 6) is 1.43. The van der Waals surface area contributed by atoms with E-state index in [0.29, 0.717) is 12.3 Å². The van der Waals surface area contributed by atoms with Gasteiger partial charge in [0.1, 0.15) is 5.75 Å². The summed E-state index contributed by atoms with van der Waals surface area (Å²) in [5.41, 5.74) is 2.54. The topological polar surface area (TPSA) is 26.3 Å². The van der Waals surface area contributed by atoms with Crippen molar-refractivity contribution >= 4 is 5.78 Å². The summed E-state index contributed by atoms with van der Waals surface area (Å²) in [6.07, 6.45) is 0.161. The SMILES string of the molecule is CCC(=O)C(C)Oc1ccc(C(C)C)c(C)c1. The van der Waals surface area contributed by atoms with Gasteiger partial charge in [-0.15, -0.1) is 0 Å². The normalized spacial score (nSPS) is 12.6. The molecule has 1 aromatic carbocycles. The summed E-state index contributed by atoms with van der Waals surface area (Å²) in [5, 5.41) is 0. The lowest BCUT2D eigenvalue weighted by Crippen LogP contribution is -2.22. The van der Waals surface area contributed by atoms with Crippen LogP contribution in [0.1, 0.15) is 51.2 Å². The van der Waals surface area contributed by atoms with Crippen LogP contribution in [-0.2, 0) is 4.79 Å². The second kappa shape index (κ2) is 5.85. The van der Waals surface area contributed by atoms with E-state index in [1.165, 1.54) is 11.1 Å². The lowest BCUT2D eigenvalue weighted by Gasteiger charge is -2.15. The Morgan fingerprint density at radius 2 is 1.94 bits per heavy atom. The molecule has 0 saturated heterocycles. The molecule has 0 heterocycles. The fourth-order valence-electron chi connectivity index (χ4n) is 1.93. The van der Waals surface area contributed by atoms with Gasteiger partial charge in [-0.1, -0.05) is 26.8 Å². The molecule has 0 bridgehead atoms. The average Bonchev–Trinajstić information content (AvgIpc) is 2.27. The Hall–Kier alpha value is -1.31. The van der Waals surface area contributed by atoms with Gasteiger partial charge in [0, 0.05) is 6.42 Å². The van der Waals surface area contributed by atoms with Crippen LogP contribution in [-0.4, -0.2) is 11.9 Å². The summed E-state index contributed by atoms with van der Waals surface area (Å²) in [7, 11) is 0. The molecule has 0 aliphatic rings. The monoisotopic (exact) mass is 234 g/mol. The molecule has 0 spiro atoms. The first kappa shape index (κ1) is 13.8. The van der Waals surface area contributed by atoms with E-state index in [-0.39, 0.29) is 11.9 Å². The van der Waals surface area contributed by atoms with Crippen LogP contribution in [0.15, 0.2) is 18.2 Å². The Morgan fingerprint density at radius 1 is 1.29 bits per heavy atom. The van der Waals surface area contributed by atoms with Crippen LogP contribution in [0.2, 0.25) is 0 Å². The quantitative estimate of drug-likeness (QED) is 0.773. The van der Waals surface area contributed by atoms with E-state index in [1.807, 2.05) is 19.1 Å². The van der Waals surface area contributed by atoms with E-state index >= 15 is 0 Å². The Labute approximate surface area is 104 Å². The van der Waals surface area contributed by atoms with E-state index in [9.17, 15) is 4.79 Å². The molecule has 1 aromatic rings. The highest BCUT2D eigenvalue weighted by atomic mass is 16.5.